The molecule has 1 atom stereocenters. The minimum Gasteiger partial charge on any atom is -0.493 e. The summed E-state index contributed by atoms with van der Waals surface area (Å²) >= 11 is 0. The van der Waals surface area contributed by atoms with Crippen LogP contribution >= 0.6 is 0 Å². The zero-order valence-corrected chi connectivity index (χ0v) is 14.5. The summed E-state index contributed by atoms with van der Waals surface area (Å²) in [4.78, 5) is 26.4. The molecule has 1 aromatic heterocycles. The lowest BCUT2D eigenvalue weighted by atomic mass is 10.0. The first-order valence-electron chi connectivity index (χ1n) is 8.31. The fraction of sp³-hybridized carbons (Fsp3) is 0.368. The number of pyridine rings is 1. The molecule has 0 radical (unpaired) electrons. The lowest BCUT2D eigenvalue weighted by molar-refractivity contribution is -0.132. The highest BCUT2D eigenvalue weighted by Crippen LogP contribution is 2.36. The molecule has 0 spiro atoms. The van der Waals surface area contributed by atoms with Crippen LogP contribution in [0.25, 0.3) is 0 Å². The Morgan fingerprint density at radius 3 is 2.68 bits per heavy atom. The van der Waals surface area contributed by atoms with Crippen LogP contribution in [0.5, 0.6) is 11.5 Å². The van der Waals surface area contributed by atoms with Crippen LogP contribution in [0.2, 0.25) is 0 Å². The van der Waals surface area contributed by atoms with E-state index in [9.17, 15) is 9.59 Å². The Bertz CT molecular complexity index is 815. The van der Waals surface area contributed by atoms with E-state index >= 15 is 0 Å². The maximum absolute atomic E-state index is 12.7. The van der Waals surface area contributed by atoms with Gasteiger partial charge in [-0.3, -0.25) is 9.59 Å². The summed E-state index contributed by atoms with van der Waals surface area (Å²) in [5, 5.41) is 0. The van der Waals surface area contributed by atoms with Crippen LogP contribution in [-0.2, 0) is 11.3 Å². The molecule has 1 fully saturated rings. The first kappa shape index (κ1) is 17.1. The van der Waals surface area contributed by atoms with Crippen molar-refractivity contribution in [1.29, 1.82) is 0 Å². The number of likely N-dealkylation sites (tertiary alicyclic amines) is 1. The number of carbonyl (C=O) groups excluding carboxylic acids is 1. The molecule has 132 valence electrons. The van der Waals surface area contributed by atoms with Crippen molar-refractivity contribution in [2.24, 2.45) is 0 Å². The third-order valence-corrected chi connectivity index (χ3v) is 4.57. The fourth-order valence-corrected chi connectivity index (χ4v) is 3.30. The standard InChI is InChI=1S/C19H22N2O4/c1-24-16-9-8-14(12-17(16)25-2)15-6-5-11-21(15)19(23)13-20-10-4-3-7-18(20)22/h3-4,7-10,12,15H,5-6,11,13H2,1-2H3/t15-/m1/s1. The van der Waals surface area contributed by atoms with Crippen LogP contribution in [0.4, 0.5) is 0 Å². The van der Waals surface area contributed by atoms with Gasteiger partial charge in [-0.25, -0.2) is 0 Å². The molecular formula is C19H22N2O4. The van der Waals surface area contributed by atoms with Gasteiger partial charge in [0.05, 0.1) is 20.3 Å². The van der Waals surface area contributed by atoms with Crippen molar-refractivity contribution >= 4 is 5.91 Å². The first-order valence-corrected chi connectivity index (χ1v) is 8.31. The van der Waals surface area contributed by atoms with E-state index in [1.807, 2.05) is 23.1 Å². The summed E-state index contributed by atoms with van der Waals surface area (Å²) in [5.41, 5.74) is 0.849. The number of hydrogen-bond donors (Lipinski definition) is 0. The number of carbonyl (C=O) groups is 1. The Kier molecular flexibility index (Phi) is 5.07. The lowest BCUT2D eigenvalue weighted by Gasteiger charge is -2.26. The van der Waals surface area contributed by atoms with Gasteiger partial charge in [-0.05, 0) is 36.6 Å². The average Bonchev–Trinajstić information content (AvgIpc) is 3.13. The maximum Gasteiger partial charge on any atom is 0.250 e. The van der Waals surface area contributed by atoms with Crippen molar-refractivity contribution in [2.45, 2.75) is 25.4 Å². The highest BCUT2D eigenvalue weighted by Gasteiger charge is 2.30. The summed E-state index contributed by atoms with van der Waals surface area (Å²) in [6.07, 6.45) is 3.47. The number of rotatable bonds is 5. The van der Waals surface area contributed by atoms with Crippen molar-refractivity contribution in [3.05, 3.63) is 58.5 Å². The molecule has 0 saturated carbocycles. The summed E-state index contributed by atoms with van der Waals surface area (Å²) in [6, 6.07) is 10.6. The summed E-state index contributed by atoms with van der Waals surface area (Å²) in [5.74, 6) is 1.27. The normalized spacial score (nSPS) is 16.7. The second-order valence-electron chi connectivity index (χ2n) is 6.03. The number of amides is 1. The SMILES string of the molecule is COc1ccc([C@H]2CCCN2C(=O)Cn2ccccc2=O)cc1OC. The van der Waals surface area contributed by atoms with Gasteiger partial charge in [0.25, 0.3) is 5.56 Å². The van der Waals surface area contributed by atoms with Gasteiger partial charge in [-0.1, -0.05) is 12.1 Å². The van der Waals surface area contributed by atoms with E-state index in [-0.39, 0.29) is 24.1 Å². The van der Waals surface area contributed by atoms with Gasteiger partial charge in [-0.2, -0.15) is 0 Å². The Morgan fingerprint density at radius 1 is 1.16 bits per heavy atom. The lowest BCUT2D eigenvalue weighted by Crippen LogP contribution is -2.35. The highest BCUT2D eigenvalue weighted by molar-refractivity contribution is 5.77. The largest absolute Gasteiger partial charge is 0.493 e. The predicted molar refractivity (Wildman–Crippen MR) is 93.9 cm³/mol. The van der Waals surface area contributed by atoms with E-state index in [4.69, 9.17) is 9.47 Å². The van der Waals surface area contributed by atoms with Crippen LogP contribution < -0.4 is 15.0 Å². The quantitative estimate of drug-likeness (QED) is 0.836. The van der Waals surface area contributed by atoms with Gasteiger partial charge >= 0.3 is 0 Å². The molecule has 0 aliphatic carbocycles. The molecule has 0 N–H and O–H groups in total. The van der Waals surface area contributed by atoms with Crippen molar-refractivity contribution in [1.82, 2.24) is 9.47 Å². The van der Waals surface area contributed by atoms with Crippen LogP contribution in [0.1, 0.15) is 24.4 Å². The summed E-state index contributed by atoms with van der Waals surface area (Å²) in [7, 11) is 3.20. The van der Waals surface area contributed by atoms with Crippen molar-refractivity contribution < 1.29 is 14.3 Å². The van der Waals surface area contributed by atoms with Gasteiger partial charge < -0.3 is 18.9 Å². The molecule has 1 aliphatic heterocycles. The van der Waals surface area contributed by atoms with Gasteiger partial charge in [0.1, 0.15) is 6.54 Å². The predicted octanol–water partition coefficient (Wildman–Crippen LogP) is 2.23. The maximum atomic E-state index is 12.7. The van der Waals surface area contributed by atoms with Crippen LogP contribution in [0.15, 0.2) is 47.4 Å². The molecule has 1 saturated heterocycles. The third kappa shape index (κ3) is 3.52. The van der Waals surface area contributed by atoms with Crippen LogP contribution in [-0.4, -0.2) is 36.1 Å². The number of hydrogen-bond acceptors (Lipinski definition) is 4. The number of methoxy groups -OCH3 is 2. The molecular weight excluding hydrogens is 320 g/mol. The third-order valence-electron chi connectivity index (χ3n) is 4.57. The van der Waals surface area contributed by atoms with E-state index in [0.717, 1.165) is 18.4 Å². The van der Waals surface area contributed by atoms with E-state index in [1.165, 1.54) is 10.6 Å². The topological polar surface area (TPSA) is 60.8 Å². The Balaban J connectivity index is 1.82. The van der Waals surface area contributed by atoms with Gasteiger partial charge in [0, 0.05) is 18.8 Å². The van der Waals surface area contributed by atoms with E-state index < -0.39 is 0 Å². The molecule has 0 unspecified atom stereocenters. The fourth-order valence-electron chi connectivity index (χ4n) is 3.30. The molecule has 1 aromatic carbocycles. The molecule has 0 bridgehead atoms. The van der Waals surface area contributed by atoms with Crippen LogP contribution in [0, 0.1) is 0 Å². The minimum atomic E-state index is -0.169. The van der Waals surface area contributed by atoms with E-state index in [1.54, 1.807) is 32.5 Å². The summed E-state index contributed by atoms with van der Waals surface area (Å²) < 4.78 is 12.1. The molecule has 6 nitrogen and oxygen atoms in total. The number of nitrogens with zero attached hydrogens (tertiary/aromatic N) is 2. The van der Waals surface area contributed by atoms with Crippen molar-refractivity contribution in [3.63, 3.8) is 0 Å². The Morgan fingerprint density at radius 2 is 1.96 bits per heavy atom. The molecule has 2 heterocycles. The smallest absolute Gasteiger partial charge is 0.250 e. The van der Waals surface area contributed by atoms with Crippen molar-refractivity contribution in [2.75, 3.05) is 20.8 Å². The summed E-state index contributed by atoms with van der Waals surface area (Å²) in [6.45, 7) is 0.753. The molecule has 3 rings (SSSR count). The molecule has 2 aromatic rings. The Hall–Kier alpha value is -2.76. The average molecular weight is 342 g/mol. The molecule has 6 heteroatoms. The Labute approximate surface area is 146 Å². The second-order valence-corrected chi connectivity index (χ2v) is 6.03. The van der Waals surface area contributed by atoms with E-state index in [2.05, 4.69) is 0 Å². The van der Waals surface area contributed by atoms with Gasteiger partial charge in [0.2, 0.25) is 5.91 Å². The molecule has 1 amide bonds. The second kappa shape index (κ2) is 7.42. The number of aromatic nitrogens is 1. The number of ether oxygens (including phenoxy) is 2. The zero-order valence-electron chi connectivity index (χ0n) is 14.5. The molecule has 25 heavy (non-hydrogen) atoms. The highest BCUT2D eigenvalue weighted by atomic mass is 16.5. The monoisotopic (exact) mass is 342 g/mol. The minimum absolute atomic E-state index is 0.00767. The first-order chi connectivity index (χ1) is 12.1. The molecule has 1 aliphatic rings. The number of benzene rings is 1. The zero-order chi connectivity index (χ0) is 17.8. The van der Waals surface area contributed by atoms with E-state index in [0.29, 0.717) is 18.0 Å². The van der Waals surface area contributed by atoms with Crippen LogP contribution in [0.3, 0.4) is 0 Å². The van der Waals surface area contributed by atoms with Crippen molar-refractivity contribution in [3.8, 4) is 11.5 Å². The van der Waals surface area contributed by atoms with Gasteiger partial charge in [0.15, 0.2) is 11.5 Å². The van der Waals surface area contributed by atoms with Gasteiger partial charge in [-0.15, -0.1) is 0 Å².